The van der Waals surface area contributed by atoms with Crippen molar-refractivity contribution in [2.45, 2.75) is 44.2 Å². The second-order valence-corrected chi connectivity index (χ2v) is 9.30. The summed E-state index contributed by atoms with van der Waals surface area (Å²) in [5, 5.41) is 6.12. The maximum absolute atomic E-state index is 4.67. The standard InChI is InChI=1S/C20H22N2S/c1-2-18(23-5-1)17-4-3-13(11-21-17)12-22-19-8-14-6-15-7-16(10-19)20(15,19)9-14/h1-5,11,14-16,22H,6-10,12H2. The number of rotatable bonds is 4. The minimum Gasteiger partial charge on any atom is -0.307 e. The number of pyridine rings is 1. The zero-order valence-corrected chi connectivity index (χ0v) is 14.1. The monoisotopic (exact) mass is 322 g/mol. The van der Waals surface area contributed by atoms with Crippen LogP contribution in [0.15, 0.2) is 35.8 Å². The number of thiophene rings is 1. The van der Waals surface area contributed by atoms with E-state index in [4.69, 9.17) is 0 Å². The lowest BCUT2D eigenvalue weighted by Crippen LogP contribution is -2.75. The van der Waals surface area contributed by atoms with Gasteiger partial charge < -0.3 is 5.32 Å². The van der Waals surface area contributed by atoms with Gasteiger partial charge in [0.25, 0.3) is 0 Å². The molecular formula is C20H22N2S. The summed E-state index contributed by atoms with van der Waals surface area (Å²) in [7, 11) is 0. The Morgan fingerprint density at radius 3 is 2.87 bits per heavy atom. The summed E-state index contributed by atoms with van der Waals surface area (Å²) < 4.78 is 0. The molecule has 4 saturated carbocycles. The van der Waals surface area contributed by atoms with E-state index < -0.39 is 0 Å². The fourth-order valence-electron chi connectivity index (χ4n) is 6.86. The topological polar surface area (TPSA) is 24.9 Å². The van der Waals surface area contributed by atoms with Crippen LogP contribution >= 0.6 is 11.3 Å². The van der Waals surface area contributed by atoms with Gasteiger partial charge in [-0.3, -0.25) is 4.98 Å². The van der Waals surface area contributed by atoms with Crippen LogP contribution in [0.25, 0.3) is 10.6 Å². The van der Waals surface area contributed by atoms with Gasteiger partial charge in [0.1, 0.15) is 0 Å². The Morgan fingerprint density at radius 1 is 1.13 bits per heavy atom. The lowest BCUT2D eigenvalue weighted by atomic mass is 9.35. The van der Waals surface area contributed by atoms with Crippen LogP contribution in [0, 0.1) is 23.2 Å². The van der Waals surface area contributed by atoms with Crippen molar-refractivity contribution in [2.75, 3.05) is 0 Å². The lowest BCUT2D eigenvalue weighted by molar-refractivity contribution is -0.207. The predicted molar refractivity (Wildman–Crippen MR) is 93.1 cm³/mol. The van der Waals surface area contributed by atoms with Crippen LogP contribution in [-0.2, 0) is 6.54 Å². The van der Waals surface area contributed by atoms with Crippen LogP contribution in [0.1, 0.15) is 37.7 Å². The van der Waals surface area contributed by atoms with Gasteiger partial charge in [-0.25, -0.2) is 0 Å². The molecule has 118 valence electrons. The molecule has 3 heteroatoms. The summed E-state index contributed by atoms with van der Waals surface area (Å²) in [4.78, 5) is 5.93. The molecule has 0 saturated heterocycles. The van der Waals surface area contributed by atoms with Crippen molar-refractivity contribution in [3.05, 3.63) is 41.4 Å². The van der Waals surface area contributed by atoms with Gasteiger partial charge in [-0.05, 0) is 78.3 Å². The fourth-order valence-corrected chi connectivity index (χ4v) is 7.57. The minimum atomic E-state index is 0.496. The first-order valence-corrected chi connectivity index (χ1v) is 9.91. The Balaban J connectivity index is 1.20. The van der Waals surface area contributed by atoms with Crippen LogP contribution in [0.4, 0.5) is 0 Å². The third-order valence-electron chi connectivity index (χ3n) is 7.62. The number of aromatic nitrogens is 1. The van der Waals surface area contributed by atoms with Crippen molar-refractivity contribution in [3.63, 3.8) is 0 Å². The molecule has 4 aliphatic rings. The number of fused-ring (bicyclic) bond motifs is 1. The smallest absolute Gasteiger partial charge is 0.0801 e. The van der Waals surface area contributed by atoms with Gasteiger partial charge in [0.15, 0.2) is 0 Å². The van der Waals surface area contributed by atoms with E-state index in [2.05, 4.69) is 46.1 Å². The molecule has 0 amide bonds. The lowest BCUT2D eigenvalue weighted by Gasteiger charge is -2.73. The van der Waals surface area contributed by atoms with Crippen molar-refractivity contribution in [2.24, 2.45) is 23.2 Å². The van der Waals surface area contributed by atoms with E-state index in [0.717, 1.165) is 35.4 Å². The summed E-state index contributed by atoms with van der Waals surface area (Å²) in [6.45, 7) is 0.992. The molecule has 2 heterocycles. The second kappa shape index (κ2) is 4.25. The SMILES string of the molecule is c1csc(-c2ccc(CNC34CC5CC6CC(C3)C64C5)cn2)c1. The summed E-state index contributed by atoms with van der Waals surface area (Å²) in [5.41, 5.74) is 3.65. The van der Waals surface area contributed by atoms with Crippen molar-refractivity contribution in [3.8, 4) is 10.6 Å². The second-order valence-electron chi connectivity index (χ2n) is 8.35. The van der Waals surface area contributed by atoms with Crippen molar-refractivity contribution < 1.29 is 0 Å². The molecule has 2 aromatic rings. The highest BCUT2D eigenvalue weighted by atomic mass is 32.1. The van der Waals surface area contributed by atoms with Crippen LogP contribution in [0.2, 0.25) is 0 Å². The Kier molecular flexibility index (Phi) is 2.43. The molecule has 5 atom stereocenters. The molecule has 1 spiro atoms. The first kappa shape index (κ1) is 13.1. The molecule has 1 N–H and O–H groups in total. The van der Waals surface area contributed by atoms with E-state index in [1.807, 2.05) is 0 Å². The average molecular weight is 322 g/mol. The largest absolute Gasteiger partial charge is 0.307 e. The van der Waals surface area contributed by atoms with Gasteiger partial charge in [-0.2, -0.15) is 0 Å². The van der Waals surface area contributed by atoms with E-state index in [-0.39, 0.29) is 0 Å². The molecule has 23 heavy (non-hydrogen) atoms. The Bertz CT molecular complexity index is 752. The third-order valence-corrected chi connectivity index (χ3v) is 8.51. The summed E-state index contributed by atoms with van der Waals surface area (Å²) >= 11 is 1.76. The van der Waals surface area contributed by atoms with Crippen LogP contribution in [-0.4, -0.2) is 10.5 Å². The molecule has 5 unspecified atom stereocenters. The number of nitrogens with one attached hydrogen (secondary N) is 1. The molecule has 6 rings (SSSR count). The molecule has 2 aromatic heterocycles. The van der Waals surface area contributed by atoms with E-state index in [0.29, 0.717) is 5.54 Å². The van der Waals surface area contributed by atoms with Gasteiger partial charge in [-0.1, -0.05) is 12.1 Å². The van der Waals surface area contributed by atoms with Crippen molar-refractivity contribution in [1.82, 2.24) is 10.3 Å². The zero-order chi connectivity index (χ0) is 15.1. The van der Waals surface area contributed by atoms with Gasteiger partial charge in [0.2, 0.25) is 0 Å². The normalized spacial score (nSPS) is 42.2. The number of hydrogen-bond acceptors (Lipinski definition) is 3. The average Bonchev–Trinajstić information content (AvgIpc) is 3.24. The maximum Gasteiger partial charge on any atom is 0.0801 e. The molecule has 4 aliphatic carbocycles. The molecule has 0 aliphatic heterocycles. The third kappa shape index (κ3) is 1.51. The molecule has 4 fully saturated rings. The van der Waals surface area contributed by atoms with Gasteiger partial charge >= 0.3 is 0 Å². The Hall–Kier alpha value is -1.19. The fraction of sp³-hybridized carbons (Fsp3) is 0.550. The van der Waals surface area contributed by atoms with Crippen molar-refractivity contribution >= 4 is 11.3 Å². The summed E-state index contributed by atoms with van der Waals surface area (Å²) in [6, 6.07) is 8.66. The van der Waals surface area contributed by atoms with E-state index in [9.17, 15) is 0 Å². The van der Waals surface area contributed by atoms with Gasteiger partial charge in [0.05, 0.1) is 10.6 Å². The van der Waals surface area contributed by atoms with Crippen LogP contribution in [0.5, 0.6) is 0 Å². The first-order valence-electron chi connectivity index (χ1n) is 9.03. The van der Waals surface area contributed by atoms with Gasteiger partial charge in [-0.15, -0.1) is 11.3 Å². The Labute approximate surface area is 141 Å². The zero-order valence-electron chi connectivity index (χ0n) is 13.3. The Morgan fingerprint density at radius 2 is 2.13 bits per heavy atom. The maximum atomic E-state index is 4.67. The van der Waals surface area contributed by atoms with E-state index in [1.165, 1.54) is 42.5 Å². The highest BCUT2D eigenvalue weighted by Crippen LogP contribution is 2.82. The number of hydrogen-bond donors (Lipinski definition) is 1. The van der Waals surface area contributed by atoms with E-state index in [1.54, 1.807) is 11.3 Å². The van der Waals surface area contributed by atoms with Gasteiger partial charge in [0, 0.05) is 18.3 Å². The first-order chi connectivity index (χ1) is 11.3. The quantitative estimate of drug-likeness (QED) is 0.898. The summed E-state index contributed by atoms with van der Waals surface area (Å²) in [6.07, 6.45) is 9.57. The molecule has 0 radical (unpaired) electrons. The van der Waals surface area contributed by atoms with Crippen molar-refractivity contribution in [1.29, 1.82) is 0 Å². The molecular weight excluding hydrogens is 300 g/mol. The van der Waals surface area contributed by atoms with Crippen LogP contribution < -0.4 is 5.32 Å². The molecule has 0 aromatic carbocycles. The highest BCUT2D eigenvalue weighted by Gasteiger charge is 2.80. The summed E-state index contributed by atoms with van der Waals surface area (Å²) in [5.74, 6) is 3.15. The number of nitrogens with zero attached hydrogens (tertiary/aromatic N) is 1. The van der Waals surface area contributed by atoms with Crippen LogP contribution in [0.3, 0.4) is 0 Å². The highest BCUT2D eigenvalue weighted by molar-refractivity contribution is 7.13. The molecule has 2 nitrogen and oxygen atoms in total. The predicted octanol–water partition coefficient (Wildman–Crippen LogP) is 4.48. The van der Waals surface area contributed by atoms with E-state index >= 15 is 0 Å². The minimum absolute atomic E-state index is 0.496. The molecule has 2 bridgehead atoms.